The number of thiophene rings is 1. The molecule has 0 aromatic carbocycles. The van der Waals surface area contributed by atoms with Gasteiger partial charge < -0.3 is 5.11 Å². The molecule has 0 saturated heterocycles. The van der Waals surface area contributed by atoms with Gasteiger partial charge in [-0.05, 0) is 12.5 Å². The fraction of sp³-hybridized carbons (Fsp3) is 0.222. The summed E-state index contributed by atoms with van der Waals surface area (Å²) in [6.45, 7) is 5.06. The SMILES string of the molecule is C=Cc1c(S(C)(=O)=O)sc(C(=O)O)c1C. The summed E-state index contributed by atoms with van der Waals surface area (Å²) in [5.74, 6) is -1.12. The summed E-state index contributed by atoms with van der Waals surface area (Å²) >= 11 is 0.767. The van der Waals surface area contributed by atoms with Crippen molar-refractivity contribution < 1.29 is 18.3 Å². The number of carboxylic acids is 1. The molecule has 0 amide bonds. The molecule has 0 unspecified atom stereocenters. The third-order valence-corrected chi connectivity index (χ3v) is 5.04. The van der Waals surface area contributed by atoms with Gasteiger partial charge in [0.2, 0.25) is 0 Å². The lowest BCUT2D eigenvalue weighted by Gasteiger charge is -1.95. The van der Waals surface area contributed by atoms with Gasteiger partial charge in [-0.3, -0.25) is 0 Å². The minimum absolute atomic E-state index is 0.0466. The first-order valence-electron chi connectivity index (χ1n) is 3.98. The van der Waals surface area contributed by atoms with Crippen molar-refractivity contribution in [3.05, 3.63) is 22.6 Å². The Morgan fingerprint density at radius 1 is 1.53 bits per heavy atom. The molecule has 0 saturated carbocycles. The maximum absolute atomic E-state index is 11.4. The zero-order valence-corrected chi connectivity index (χ0v) is 9.91. The first-order chi connectivity index (χ1) is 6.79. The van der Waals surface area contributed by atoms with E-state index in [9.17, 15) is 13.2 Å². The lowest BCUT2D eigenvalue weighted by molar-refractivity contribution is 0.0701. The van der Waals surface area contributed by atoms with Crippen molar-refractivity contribution in [3.63, 3.8) is 0 Å². The Morgan fingerprint density at radius 3 is 2.33 bits per heavy atom. The number of rotatable bonds is 3. The van der Waals surface area contributed by atoms with E-state index in [-0.39, 0.29) is 9.09 Å². The van der Waals surface area contributed by atoms with Crippen LogP contribution in [0.3, 0.4) is 0 Å². The smallest absolute Gasteiger partial charge is 0.346 e. The second-order valence-corrected chi connectivity index (χ2v) is 6.27. The summed E-state index contributed by atoms with van der Waals surface area (Å²) in [5.41, 5.74) is 0.836. The van der Waals surface area contributed by atoms with Crippen LogP contribution in [0.2, 0.25) is 0 Å². The Morgan fingerprint density at radius 2 is 2.07 bits per heavy atom. The van der Waals surface area contributed by atoms with Crippen molar-refractivity contribution in [2.45, 2.75) is 11.1 Å². The highest BCUT2D eigenvalue weighted by atomic mass is 32.2. The molecule has 82 valence electrons. The van der Waals surface area contributed by atoms with Crippen molar-refractivity contribution in [2.75, 3.05) is 6.26 Å². The van der Waals surface area contributed by atoms with Crippen LogP contribution in [0.15, 0.2) is 10.8 Å². The maximum Gasteiger partial charge on any atom is 0.346 e. The molecule has 0 aliphatic carbocycles. The maximum atomic E-state index is 11.4. The van der Waals surface area contributed by atoms with Gasteiger partial charge in [0, 0.05) is 11.8 Å². The fourth-order valence-electron chi connectivity index (χ4n) is 1.22. The van der Waals surface area contributed by atoms with Gasteiger partial charge in [0.05, 0.1) is 0 Å². The van der Waals surface area contributed by atoms with Crippen molar-refractivity contribution >= 4 is 33.2 Å². The van der Waals surface area contributed by atoms with Gasteiger partial charge in [-0.15, -0.1) is 11.3 Å². The standard InChI is InChI=1S/C9H10O4S2/c1-4-6-5(2)7(8(10)11)14-9(6)15(3,12)13/h4H,1H2,2-3H3,(H,10,11). The first kappa shape index (κ1) is 11.9. The van der Waals surface area contributed by atoms with Crippen LogP contribution in [-0.2, 0) is 9.84 Å². The van der Waals surface area contributed by atoms with E-state index in [1.807, 2.05) is 0 Å². The van der Waals surface area contributed by atoms with Crippen LogP contribution >= 0.6 is 11.3 Å². The summed E-state index contributed by atoms with van der Waals surface area (Å²) in [6.07, 6.45) is 2.42. The predicted octanol–water partition coefficient (Wildman–Crippen LogP) is 1.80. The lowest BCUT2D eigenvalue weighted by atomic mass is 10.2. The van der Waals surface area contributed by atoms with Crippen LogP contribution in [0.5, 0.6) is 0 Å². The average molecular weight is 246 g/mol. The molecule has 1 rings (SSSR count). The summed E-state index contributed by atoms with van der Waals surface area (Å²) in [4.78, 5) is 10.9. The molecule has 0 atom stereocenters. The molecule has 0 radical (unpaired) electrons. The minimum Gasteiger partial charge on any atom is -0.477 e. The summed E-state index contributed by atoms with van der Waals surface area (Å²) < 4.78 is 22.8. The molecule has 0 fully saturated rings. The normalized spacial score (nSPS) is 11.3. The van der Waals surface area contributed by atoms with Crippen LogP contribution < -0.4 is 0 Å². The Hall–Kier alpha value is -1.14. The van der Waals surface area contributed by atoms with Crippen LogP contribution in [0.1, 0.15) is 20.8 Å². The highest BCUT2D eigenvalue weighted by Gasteiger charge is 2.23. The molecule has 4 nitrogen and oxygen atoms in total. The molecule has 15 heavy (non-hydrogen) atoms. The molecule has 1 N–H and O–H groups in total. The minimum atomic E-state index is -3.40. The summed E-state index contributed by atoms with van der Waals surface area (Å²) in [7, 11) is -3.40. The fourth-order valence-corrected chi connectivity index (χ4v) is 3.59. The Bertz CT molecular complexity index is 523. The third kappa shape index (κ3) is 2.10. The van der Waals surface area contributed by atoms with Gasteiger partial charge in [-0.2, -0.15) is 0 Å². The van der Waals surface area contributed by atoms with E-state index < -0.39 is 15.8 Å². The zero-order chi connectivity index (χ0) is 11.8. The number of sulfone groups is 1. The largest absolute Gasteiger partial charge is 0.477 e. The average Bonchev–Trinajstić information content (AvgIpc) is 2.41. The lowest BCUT2D eigenvalue weighted by Crippen LogP contribution is -1.95. The topological polar surface area (TPSA) is 71.4 Å². The van der Waals surface area contributed by atoms with E-state index >= 15 is 0 Å². The molecule has 1 aromatic rings. The van der Waals surface area contributed by atoms with Crippen LogP contribution in [-0.4, -0.2) is 25.7 Å². The predicted molar refractivity (Wildman–Crippen MR) is 59.2 cm³/mol. The van der Waals surface area contributed by atoms with Gasteiger partial charge in [-0.25, -0.2) is 13.2 Å². The van der Waals surface area contributed by atoms with Gasteiger partial charge in [0.15, 0.2) is 9.84 Å². The highest BCUT2D eigenvalue weighted by Crippen LogP contribution is 2.32. The van der Waals surface area contributed by atoms with Crippen molar-refractivity contribution in [1.29, 1.82) is 0 Å². The molecule has 0 bridgehead atoms. The van der Waals surface area contributed by atoms with E-state index in [4.69, 9.17) is 5.11 Å². The molecule has 6 heteroatoms. The highest BCUT2D eigenvalue weighted by molar-refractivity contribution is 7.92. The van der Waals surface area contributed by atoms with E-state index in [0.717, 1.165) is 17.6 Å². The molecule has 0 aliphatic rings. The summed E-state index contributed by atoms with van der Waals surface area (Å²) in [6, 6.07) is 0. The quantitative estimate of drug-likeness (QED) is 0.882. The second-order valence-electron chi connectivity index (χ2n) is 3.04. The van der Waals surface area contributed by atoms with Crippen molar-refractivity contribution in [2.24, 2.45) is 0 Å². The van der Waals surface area contributed by atoms with Crippen LogP contribution in [0.25, 0.3) is 6.08 Å². The molecular formula is C9H10O4S2. The first-order valence-corrected chi connectivity index (χ1v) is 6.69. The molecular weight excluding hydrogens is 236 g/mol. The number of carbonyl (C=O) groups is 1. The molecule has 0 spiro atoms. The Labute approximate surface area is 91.8 Å². The zero-order valence-electron chi connectivity index (χ0n) is 8.27. The number of carboxylic acid groups (broad SMARTS) is 1. The van der Waals surface area contributed by atoms with Crippen LogP contribution in [0.4, 0.5) is 0 Å². The number of aromatic carboxylic acids is 1. The van der Waals surface area contributed by atoms with E-state index in [1.54, 1.807) is 6.92 Å². The van der Waals surface area contributed by atoms with E-state index in [1.165, 1.54) is 6.08 Å². The van der Waals surface area contributed by atoms with Crippen molar-refractivity contribution in [3.8, 4) is 0 Å². The Kier molecular flexibility index (Phi) is 3.01. The molecule has 1 aromatic heterocycles. The van der Waals surface area contributed by atoms with Gasteiger partial charge in [0.1, 0.15) is 9.09 Å². The molecule has 0 aliphatic heterocycles. The second kappa shape index (κ2) is 3.79. The number of hydrogen-bond acceptors (Lipinski definition) is 4. The monoisotopic (exact) mass is 246 g/mol. The van der Waals surface area contributed by atoms with Crippen LogP contribution in [0, 0.1) is 6.92 Å². The van der Waals surface area contributed by atoms with Gasteiger partial charge >= 0.3 is 5.97 Å². The molecule has 1 heterocycles. The summed E-state index contributed by atoms with van der Waals surface area (Å²) in [5, 5.41) is 8.85. The Balaban J connectivity index is 3.63. The third-order valence-electron chi connectivity index (χ3n) is 1.89. The van der Waals surface area contributed by atoms with E-state index in [0.29, 0.717) is 11.1 Å². The van der Waals surface area contributed by atoms with Gasteiger partial charge in [-0.1, -0.05) is 12.7 Å². The van der Waals surface area contributed by atoms with Gasteiger partial charge in [0.25, 0.3) is 0 Å². The van der Waals surface area contributed by atoms with E-state index in [2.05, 4.69) is 6.58 Å². The van der Waals surface area contributed by atoms with Crippen molar-refractivity contribution in [1.82, 2.24) is 0 Å². The number of hydrogen-bond donors (Lipinski definition) is 1.